The van der Waals surface area contributed by atoms with Crippen molar-refractivity contribution in [3.63, 3.8) is 0 Å². The molecule has 0 aromatic heterocycles. The quantitative estimate of drug-likeness (QED) is 0.261. The number of nitrogens with zero attached hydrogens (tertiary/aromatic N) is 2. The zero-order valence-electron chi connectivity index (χ0n) is 16.4. The molecule has 0 bridgehead atoms. The van der Waals surface area contributed by atoms with Crippen molar-refractivity contribution in [3.05, 3.63) is 35.6 Å². The molecule has 1 aromatic carbocycles. The van der Waals surface area contributed by atoms with E-state index in [1.54, 1.807) is 33.0 Å². The van der Waals surface area contributed by atoms with Gasteiger partial charge in [-0.15, -0.1) is 24.0 Å². The maximum atomic E-state index is 12.9. The Kier molecular flexibility index (Phi) is 9.12. The molecule has 0 radical (unpaired) electrons. The average Bonchev–Trinajstić information content (AvgIpc) is 2.60. The second kappa shape index (κ2) is 10.4. The summed E-state index contributed by atoms with van der Waals surface area (Å²) in [5.74, 6) is 0.229. The zero-order valence-corrected chi connectivity index (χ0v) is 19.5. The van der Waals surface area contributed by atoms with Crippen LogP contribution in [-0.2, 0) is 21.1 Å². The molecule has 1 heterocycles. The van der Waals surface area contributed by atoms with Crippen LogP contribution in [0, 0.1) is 5.82 Å². The Bertz CT molecular complexity index is 798. The van der Waals surface area contributed by atoms with Crippen LogP contribution in [0.15, 0.2) is 29.3 Å². The number of benzene rings is 1. The number of sulfone groups is 1. The number of rotatable bonds is 5. The molecular weight excluding hydrogens is 498 g/mol. The van der Waals surface area contributed by atoms with Gasteiger partial charge in [0.2, 0.25) is 5.91 Å². The largest absolute Gasteiger partial charge is 0.354 e. The van der Waals surface area contributed by atoms with Gasteiger partial charge in [-0.3, -0.25) is 9.79 Å². The molecule has 2 N–H and O–H groups in total. The summed E-state index contributed by atoms with van der Waals surface area (Å²) in [6, 6.07) is 5.82. The fourth-order valence-electron chi connectivity index (χ4n) is 2.88. The van der Waals surface area contributed by atoms with E-state index in [0.717, 1.165) is 5.56 Å². The average molecular weight is 526 g/mol. The molecule has 0 atom stereocenters. The lowest BCUT2D eigenvalue weighted by Crippen LogP contribution is -2.57. The van der Waals surface area contributed by atoms with E-state index in [2.05, 4.69) is 15.6 Å². The number of amides is 1. The van der Waals surface area contributed by atoms with Crippen molar-refractivity contribution in [2.24, 2.45) is 4.99 Å². The van der Waals surface area contributed by atoms with E-state index in [1.807, 2.05) is 4.90 Å². The number of hydrogen-bond acceptors (Lipinski definition) is 4. The summed E-state index contributed by atoms with van der Waals surface area (Å²) in [6.45, 7) is 5.06. The zero-order chi connectivity index (χ0) is 20.1. The van der Waals surface area contributed by atoms with Crippen LogP contribution in [0.1, 0.15) is 19.4 Å². The number of aliphatic imine (C=N–C) groups is 1. The standard InChI is InChI=1S/C18H27FN4O3S.HI/c1-18(2)13-23(10-11-27(18,25)26)17(20-3)22-9-8-21-16(24)12-14-4-6-15(19)7-5-14;/h4-7H,8-13H2,1-3H3,(H,20,22)(H,21,24);1H. The molecule has 0 saturated carbocycles. The molecule has 0 spiro atoms. The second-order valence-corrected chi connectivity index (χ2v) is 9.87. The lowest BCUT2D eigenvalue weighted by atomic mass is 10.1. The first-order valence-electron chi connectivity index (χ1n) is 8.84. The van der Waals surface area contributed by atoms with Gasteiger partial charge in [0.05, 0.1) is 16.9 Å². The minimum absolute atomic E-state index is 0. The van der Waals surface area contributed by atoms with Crippen LogP contribution in [-0.4, -0.2) is 68.9 Å². The van der Waals surface area contributed by atoms with Gasteiger partial charge in [0.1, 0.15) is 5.82 Å². The van der Waals surface area contributed by atoms with Crippen LogP contribution in [0.4, 0.5) is 4.39 Å². The third kappa shape index (κ3) is 6.57. The van der Waals surface area contributed by atoms with Crippen molar-refractivity contribution in [1.82, 2.24) is 15.5 Å². The molecule has 10 heteroatoms. The number of nitrogens with one attached hydrogen (secondary N) is 2. The summed E-state index contributed by atoms with van der Waals surface area (Å²) in [6.07, 6.45) is 0.188. The highest BCUT2D eigenvalue weighted by molar-refractivity contribution is 14.0. The molecule has 1 aliphatic rings. The Morgan fingerprint density at radius 3 is 2.39 bits per heavy atom. The SMILES string of the molecule is CN=C(NCCNC(=O)Cc1ccc(F)cc1)N1CCS(=O)(=O)C(C)(C)C1.I. The van der Waals surface area contributed by atoms with Crippen LogP contribution < -0.4 is 10.6 Å². The van der Waals surface area contributed by atoms with E-state index in [0.29, 0.717) is 32.1 Å². The molecule has 0 aliphatic carbocycles. The van der Waals surface area contributed by atoms with Gasteiger partial charge < -0.3 is 15.5 Å². The van der Waals surface area contributed by atoms with E-state index < -0.39 is 14.6 Å². The summed E-state index contributed by atoms with van der Waals surface area (Å²) in [7, 11) is -1.47. The smallest absolute Gasteiger partial charge is 0.224 e. The number of carbonyl (C=O) groups excluding carboxylic acids is 1. The first-order valence-corrected chi connectivity index (χ1v) is 10.5. The van der Waals surface area contributed by atoms with Crippen molar-refractivity contribution >= 4 is 45.7 Å². The van der Waals surface area contributed by atoms with Crippen LogP contribution >= 0.6 is 24.0 Å². The van der Waals surface area contributed by atoms with Gasteiger partial charge in [-0.25, -0.2) is 12.8 Å². The number of guanidine groups is 1. The molecule has 7 nitrogen and oxygen atoms in total. The van der Waals surface area contributed by atoms with Crippen molar-refractivity contribution < 1.29 is 17.6 Å². The first kappa shape index (κ1) is 24.6. The van der Waals surface area contributed by atoms with Crippen LogP contribution in [0.5, 0.6) is 0 Å². The summed E-state index contributed by atoms with van der Waals surface area (Å²) in [5, 5.41) is 5.94. The molecule has 0 unspecified atom stereocenters. The third-order valence-corrected chi connectivity index (χ3v) is 7.10. The van der Waals surface area contributed by atoms with E-state index in [-0.39, 0.29) is 47.9 Å². The van der Waals surface area contributed by atoms with Gasteiger partial charge in [-0.1, -0.05) is 12.1 Å². The molecule has 1 aromatic rings. The van der Waals surface area contributed by atoms with E-state index in [4.69, 9.17) is 0 Å². The van der Waals surface area contributed by atoms with Gasteiger partial charge in [-0.2, -0.15) is 0 Å². The van der Waals surface area contributed by atoms with E-state index >= 15 is 0 Å². The molecule has 1 amide bonds. The predicted octanol–water partition coefficient (Wildman–Crippen LogP) is 1.19. The maximum Gasteiger partial charge on any atom is 0.224 e. The summed E-state index contributed by atoms with van der Waals surface area (Å²) in [5.41, 5.74) is 0.745. The lowest BCUT2D eigenvalue weighted by Gasteiger charge is -2.39. The molecule has 1 saturated heterocycles. The van der Waals surface area contributed by atoms with E-state index in [1.165, 1.54) is 12.1 Å². The molecule has 2 rings (SSSR count). The Labute approximate surface area is 183 Å². The number of halogens is 2. The molecule has 1 fully saturated rings. The maximum absolute atomic E-state index is 12.9. The number of hydrogen-bond donors (Lipinski definition) is 2. The lowest BCUT2D eigenvalue weighted by molar-refractivity contribution is -0.120. The Morgan fingerprint density at radius 2 is 1.82 bits per heavy atom. The Hall–Kier alpha value is -1.43. The highest BCUT2D eigenvalue weighted by Gasteiger charge is 2.40. The van der Waals surface area contributed by atoms with Crippen LogP contribution in [0.25, 0.3) is 0 Å². The van der Waals surface area contributed by atoms with Crippen molar-refractivity contribution in [3.8, 4) is 0 Å². The van der Waals surface area contributed by atoms with Crippen molar-refractivity contribution in [2.45, 2.75) is 25.0 Å². The van der Waals surface area contributed by atoms with Gasteiger partial charge in [0.25, 0.3) is 0 Å². The second-order valence-electron chi connectivity index (χ2n) is 7.13. The van der Waals surface area contributed by atoms with Crippen molar-refractivity contribution in [2.75, 3.05) is 39.0 Å². The highest BCUT2D eigenvalue weighted by atomic mass is 127. The fraction of sp³-hybridized carbons (Fsp3) is 0.556. The molecular formula is C18H28FIN4O3S. The summed E-state index contributed by atoms with van der Waals surface area (Å²) < 4.78 is 36.3. The molecule has 158 valence electrons. The van der Waals surface area contributed by atoms with Gasteiger partial charge in [0, 0.05) is 33.2 Å². The minimum atomic E-state index is -3.11. The van der Waals surface area contributed by atoms with E-state index in [9.17, 15) is 17.6 Å². The molecule has 28 heavy (non-hydrogen) atoms. The third-order valence-electron chi connectivity index (χ3n) is 4.56. The van der Waals surface area contributed by atoms with Gasteiger partial charge in [-0.05, 0) is 31.5 Å². The van der Waals surface area contributed by atoms with Gasteiger partial charge in [0.15, 0.2) is 15.8 Å². The Balaban J connectivity index is 0.00000392. The summed E-state index contributed by atoms with van der Waals surface area (Å²) in [4.78, 5) is 18.1. The predicted molar refractivity (Wildman–Crippen MR) is 119 cm³/mol. The normalized spacial score (nSPS) is 18.1. The van der Waals surface area contributed by atoms with Crippen molar-refractivity contribution in [1.29, 1.82) is 0 Å². The van der Waals surface area contributed by atoms with Crippen LogP contribution in [0.2, 0.25) is 0 Å². The monoisotopic (exact) mass is 526 g/mol. The topological polar surface area (TPSA) is 90.9 Å². The van der Waals surface area contributed by atoms with Gasteiger partial charge >= 0.3 is 0 Å². The molecule has 1 aliphatic heterocycles. The fourth-order valence-corrected chi connectivity index (χ4v) is 4.25. The van der Waals surface area contributed by atoms with Crippen LogP contribution in [0.3, 0.4) is 0 Å². The summed E-state index contributed by atoms with van der Waals surface area (Å²) >= 11 is 0. The first-order chi connectivity index (χ1) is 12.6. The highest BCUT2D eigenvalue weighted by Crippen LogP contribution is 2.23. The number of carbonyl (C=O) groups is 1. The minimum Gasteiger partial charge on any atom is -0.354 e. The Morgan fingerprint density at radius 1 is 1.21 bits per heavy atom.